The van der Waals surface area contributed by atoms with Crippen molar-refractivity contribution in [1.29, 1.82) is 0 Å². The van der Waals surface area contributed by atoms with Gasteiger partial charge in [-0.25, -0.2) is 0 Å². The van der Waals surface area contributed by atoms with Crippen LogP contribution in [0.2, 0.25) is 0 Å². The van der Waals surface area contributed by atoms with Gasteiger partial charge in [0.25, 0.3) is 0 Å². The molecule has 2 heterocycles. The minimum atomic E-state index is 0.491. The maximum atomic E-state index is 5.40. The minimum Gasteiger partial charge on any atom is -0.338 e. The molecule has 7 nitrogen and oxygen atoms in total. The van der Waals surface area contributed by atoms with Gasteiger partial charge in [0, 0.05) is 5.56 Å². The number of thioether (sulfide) groups is 1. The van der Waals surface area contributed by atoms with Crippen molar-refractivity contribution in [1.82, 2.24) is 30.3 Å². The Hall–Kier alpha value is -3.00. The van der Waals surface area contributed by atoms with E-state index in [2.05, 4.69) is 57.7 Å². The van der Waals surface area contributed by atoms with Crippen LogP contribution in [0, 0.1) is 13.8 Å². The number of hydrogen-bond acceptors (Lipinski definition) is 7. The highest BCUT2D eigenvalue weighted by Crippen LogP contribution is 2.25. The molecule has 4 rings (SSSR count). The van der Waals surface area contributed by atoms with E-state index in [9.17, 15) is 0 Å². The molecule has 0 saturated carbocycles. The molecule has 0 radical (unpaired) electrons. The lowest BCUT2D eigenvalue weighted by Crippen LogP contribution is -2.02. The summed E-state index contributed by atoms with van der Waals surface area (Å²) in [5.41, 5.74) is 5.50. The lowest BCUT2D eigenvalue weighted by Gasteiger charge is -2.07. The molecule has 0 unspecified atom stereocenters. The first-order valence-corrected chi connectivity index (χ1v) is 10.0. The largest absolute Gasteiger partial charge is 0.338 e. The SMILES string of the molecule is CCc1ccc(-c2noc(CSc3nnnn3-c3ccc(C)cc3C)n2)cc1. The Labute approximate surface area is 167 Å². The van der Waals surface area contributed by atoms with Crippen molar-refractivity contribution in [3.8, 4) is 17.1 Å². The summed E-state index contributed by atoms with van der Waals surface area (Å²) >= 11 is 1.46. The second-order valence-electron chi connectivity index (χ2n) is 6.51. The highest BCUT2D eigenvalue weighted by atomic mass is 32.2. The van der Waals surface area contributed by atoms with Crippen LogP contribution < -0.4 is 0 Å². The van der Waals surface area contributed by atoms with Crippen LogP contribution in [0.1, 0.15) is 29.5 Å². The Morgan fingerprint density at radius 2 is 1.89 bits per heavy atom. The van der Waals surface area contributed by atoms with Crippen molar-refractivity contribution >= 4 is 11.8 Å². The van der Waals surface area contributed by atoms with Crippen molar-refractivity contribution in [3.63, 3.8) is 0 Å². The van der Waals surface area contributed by atoms with Gasteiger partial charge in [-0.2, -0.15) is 9.67 Å². The van der Waals surface area contributed by atoms with E-state index >= 15 is 0 Å². The molecule has 8 heteroatoms. The molecule has 0 saturated heterocycles. The van der Waals surface area contributed by atoms with Gasteiger partial charge in [-0.3, -0.25) is 0 Å². The van der Waals surface area contributed by atoms with E-state index in [0.717, 1.165) is 23.2 Å². The summed E-state index contributed by atoms with van der Waals surface area (Å²) in [6.07, 6.45) is 1.00. The summed E-state index contributed by atoms with van der Waals surface area (Å²) in [5.74, 6) is 1.62. The molecule has 4 aromatic rings. The van der Waals surface area contributed by atoms with Crippen molar-refractivity contribution < 1.29 is 4.52 Å². The highest BCUT2D eigenvalue weighted by Gasteiger charge is 2.14. The van der Waals surface area contributed by atoms with E-state index in [-0.39, 0.29) is 0 Å². The van der Waals surface area contributed by atoms with Crippen LogP contribution in [0.3, 0.4) is 0 Å². The zero-order valence-electron chi connectivity index (χ0n) is 16.0. The maximum absolute atomic E-state index is 5.40. The molecule has 0 atom stereocenters. The van der Waals surface area contributed by atoms with Crippen molar-refractivity contribution in [2.45, 2.75) is 38.1 Å². The van der Waals surface area contributed by atoms with Crippen molar-refractivity contribution in [2.24, 2.45) is 0 Å². The van der Waals surface area contributed by atoms with E-state index in [1.807, 2.05) is 31.2 Å². The zero-order valence-corrected chi connectivity index (χ0v) is 16.8. The van der Waals surface area contributed by atoms with Crippen LogP contribution in [0.25, 0.3) is 17.1 Å². The van der Waals surface area contributed by atoms with Gasteiger partial charge in [-0.05, 0) is 47.9 Å². The van der Waals surface area contributed by atoms with E-state index in [4.69, 9.17) is 4.52 Å². The number of hydrogen-bond donors (Lipinski definition) is 0. The van der Waals surface area contributed by atoms with Gasteiger partial charge in [0.1, 0.15) is 0 Å². The standard InChI is InChI=1S/C20H20N6OS/c1-4-15-6-8-16(9-7-15)19-21-18(27-23-19)12-28-20-22-24-25-26(20)17-10-5-13(2)11-14(17)3/h5-11H,4,12H2,1-3H3. The molecule has 2 aromatic carbocycles. The number of tetrazole rings is 1. The third-order valence-electron chi connectivity index (χ3n) is 4.43. The number of aromatic nitrogens is 6. The third-order valence-corrected chi connectivity index (χ3v) is 5.34. The number of benzene rings is 2. The molecule has 0 aliphatic carbocycles. The zero-order chi connectivity index (χ0) is 19.5. The Kier molecular flexibility index (Phi) is 5.21. The second-order valence-corrected chi connectivity index (χ2v) is 7.46. The Morgan fingerprint density at radius 1 is 1.07 bits per heavy atom. The van der Waals surface area contributed by atoms with Crippen molar-refractivity contribution in [2.75, 3.05) is 0 Å². The third kappa shape index (κ3) is 3.82. The van der Waals surface area contributed by atoms with Crippen LogP contribution in [0.4, 0.5) is 0 Å². The van der Waals surface area contributed by atoms with E-state index in [1.54, 1.807) is 4.68 Å². The second kappa shape index (κ2) is 7.93. The minimum absolute atomic E-state index is 0.491. The molecule has 28 heavy (non-hydrogen) atoms. The molecule has 0 N–H and O–H groups in total. The fourth-order valence-corrected chi connectivity index (χ4v) is 3.63. The summed E-state index contributed by atoms with van der Waals surface area (Å²) in [7, 11) is 0. The summed E-state index contributed by atoms with van der Waals surface area (Å²) in [6, 6.07) is 14.4. The smallest absolute Gasteiger partial charge is 0.237 e. The van der Waals surface area contributed by atoms with E-state index in [0.29, 0.717) is 22.6 Å². The van der Waals surface area contributed by atoms with E-state index in [1.165, 1.54) is 22.9 Å². The Balaban J connectivity index is 1.49. The quantitative estimate of drug-likeness (QED) is 0.455. The molecule has 0 fully saturated rings. The summed E-state index contributed by atoms with van der Waals surface area (Å²) < 4.78 is 7.14. The first-order chi connectivity index (χ1) is 13.6. The first kappa shape index (κ1) is 18.4. The van der Waals surface area contributed by atoms with Gasteiger partial charge in [-0.1, -0.05) is 65.8 Å². The maximum Gasteiger partial charge on any atom is 0.237 e. The van der Waals surface area contributed by atoms with Crippen molar-refractivity contribution in [3.05, 3.63) is 65.0 Å². The first-order valence-electron chi connectivity index (χ1n) is 9.04. The average molecular weight is 392 g/mol. The van der Waals surface area contributed by atoms with Crippen LogP contribution in [0.5, 0.6) is 0 Å². The number of rotatable bonds is 6. The molecule has 0 aliphatic rings. The fraction of sp³-hybridized carbons (Fsp3) is 0.250. The Morgan fingerprint density at radius 3 is 2.64 bits per heavy atom. The summed E-state index contributed by atoms with van der Waals surface area (Å²) in [5, 5.41) is 16.8. The van der Waals surface area contributed by atoms with Gasteiger partial charge < -0.3 is 4.52 Å². The predicted molar refractivity (Wildman–Crippen MR) is 107 cm³/mol. The monoisotopic (exact) mass is 392 g/mol. The molecule has 142 valence electrons. The van der Waals surface area contributed by atoms with Gasteiger partial charge >= 0.3 is 0 Å². The molecule has 0 spiro atoms. The van der Waals surface area contributed by atoms with Gasteiger partial charge in [0.2, 0.25) is 16.9 Å². The highest BCUT2D eigenvalue weighted by molar-refractivity contribution is 7.98. The van der Waals surface area contributed by atoms with Crippen LogP contribution >= 0.6 is 11.8 Å². The van der Waals surface area contributed by atoms with Gasteiger partial charge in [0.15, 0.2) is 0 Å². The topological polar surface area (TPSA) is 82.5 Å². The lowest BCUT2D eigenvalue weighted by molar-refractivity contribution is 0.391. The molecule has 0 aliphatic heterocycles. The molecular weight excluding hydrogens is 372 g/mol. The Bertz CT molecular complexity index is 1090. The summed E-state index contributed by atoms with van der Waals surface area (Å²) in [4.78, 5) is 4.49. The van der Waals surface area contributed by atoms with E-state index < -0.39 is 0 Å². The predicted octanol–water partition coefficient (Wildman–Crippen LogP) is 4.18. The molecule has 0 amide bonds. The normalized spacial score (nSPS) is 11.1. The molecule has 2 aromatic heterocycles. The van der Waals surface area contributed by atoms with Gasteiger partial charge in [-0.15, -0.1) is 5.10 Å². The lowest BCUT2D eigenvalue weighted by atomic mass is 10.1. The molecular formula is C20H20N6OS. The number of aryl methyl sites for hydroxylation is 3. The fourth-order valence-electron chi connectivity index (χ4n) is 2.91. The average Bonchev–Trinajstić information content (AvgIpc) is 3.36. The van der Waals surface area contributed by atoms with Crippen LogP contribution in [-0.4, -0.2) is 30.3 Å². The summed E-state index contributed by atoms with van der Waals surface area (Å²) in [6.45, 7) is 6.24. The van der Waals surface area contributed by atoms with Gasteiger partial charge in [0.05, 0.1) is 11.4 Å². The number of nitrogens with zero attached hydrogens (tertiary/aromatic N) is 6. The molecule has 0 bridgehead atoms. The van der Waals surface area contributed by atoms with Crippen LogP contribution in [-0.2, 0) is 12.2 Å². The van der Waals surface area contributed by atoms with Crippen LogP contribution in [0.15, 0.2) is 52.1 Å².